The SMILES string of the molecule is Cc1cc(C)c(C(=O)Nc2ccc(Br)c(Cl)c2Cl)cc1N. The van der Waals surface area contributed by atoms with Gasteiger partial charge in [-0.3, -0.25) is 4.79 Å². The molecule has 0 fully saturated rings. The molecule has 0 aliphatic rings. The summed E-state index contributed by atoms with van der Waals surface area (Å²) in [6, 6.07) is 6.94. The molecule has 0 atom stereocenters. The highest BCUT2D eigenvalue weighted by Gasteiger charge is 2.15. The second-order valence-electron chi connectivity index (χ2n) is 4.70. The number of benzene rings is 2. The average molecular weight is 388 g/mol. The lowest BCUT2D eigenvalue weighted by atomic mass is 10.0. The Kier molecular flexibility index (Phi) is 4.81. The molecule has 1 amide bonds. The third-order valence-corrected chi connectivity index (χ3v) is 4.91. The highest BCUT2D eigenvalue weighted by atomic mass is 79.9. The van der Waals surface area contributed by atoms with Crippen LogP contribution in [0.2, 0.25) is 10.0 Å². The molecule has 0 saturated carbocycles. The van der Waals surface area contributed by atoms with E-state index in [0.29, 0.717) is 26.4 Å². The van der Waals surface area contributed by atoms with Crippen LogP contribution in [0.4, 0.5) is 11.4 Å². The number of anilines is 2. The molecule has 0 bridgehead atoms. The maximum absolute atomic E-state index is 12.4. The number of hydrogen-bond donors (Lipinski definition) is 2. The average Bonchev–Trinajstić information content (AvgIpc) is 2.43. The maximum atomic E-state index is 12.4. The zero-order chi connectivity index (χ0) is 15.7. The summed E-state index contributed by atoms with van der Waals surface area (Å²) in [6.07, 6.45) is 0. The van der Waals surface area contributed by atoms with Gasteiger partial charge in [0.05, 0.1) is 15.7 Å². The Hall–Kier alpha value is -1.23. The van der Waals surface area contributed by atoms with Gasteiger partial charge in [-0.25, -0.2) is 0 Å². The van der Waals surface area contributed by atoms with Crippen LogP contribution in [0.1, 0.15) is 21.5 Å². The number of carbonyl (C=O) groups is 1. The van der Waals surface area contributed by atoms with E-state index in [4.69, 9.17) is 28.9 Å². The third kappa shape index (κ3) is 3.34. The topological polar surface area (TPSA) is 55.1 Å². The van der Waals surface area contributed by atoms with Gasteiger partial charge in [-0.2, -0.15) is 0 Å². The Bertz CT molecular complexity index is 732. The maximum Gasteiger partial charge on any atom is 0.256 e. The van der Waals surface area contributed by atoms with Crippen molar-refractivity contribution >= 4 is 56.4 Å². The second-order valence-corrected chi connectivity index (χ2v) is 6.31. The predicted molar refractivity (Wildman–Crippen MR) is 92.4 cm³/mol. The van der Waals surface area contributed by atoms with Gasteiger partial charge >= 0.3 is 0 Å². The van der Waals surface area contributed by atoms with Gasteiger partial charge in [-0.1, -0.05) is 29.3 Å². The fourth-order valence-corrected chi connectivity index (χ4v) is 2.75. The zero-order valence-electron chi connectivity index (χ0n) is 11.4. The Morgan fingerprint density at radius 1 is 1.14 bits per heavy atom. The van der Waals surface area contributed by atoms with Crippen LogP contribution in [0.15, 0.2) is 28.7 Å². The molecule has 21 heavy (non-hydrogen) atoms. The van der Waals surface area contributed by atoms with Crippen molar-refractivity contribution in [3.63, 3.8) is 0 Å². The molecule has 0 heterocycles. The lowest BCUT2D eigenvalue weighted by Crippen LogP contribution is -2.14. The van der Waals surface area contributed by atoms with Crippen molar-refractivity contribution in [3.05, 3.63) is 55.5 Å². The van der Waals surface area contributed by atoms with Crippen molar-refractivity contribution < 1.29 is 4.79 Å². The third-order valence-electron chi connectivity index (χ3n) is 3.14. The fourth-order valence-electron chi connectivity index (χ4n) is 1.93. The normalized spacial score (nSPS) is 10.5. The number of aryl methyl sites for hydroxylation is 2. The van der Waals surface area contributed by atoms with Crippen LogP contribution in [0.3, 0.4) is 0 Å². The molecular formula is C15H13BrCl2N2O. The number of amides is 1. The van der Waals surface area contributed by atoms with E-state index in [9.17, 15) is 4.79 Å². The zero-order valence-corrected chi connectivity index (χ0v) is 14.5. The van der Waals surface area contributed by atoms with E-state index in [2.05, 4.69) is 21.2 Å². The van der Waals surface area contributed by atoms with Gasteiger partial charge in [0, 0.05) is 15.7 Å². The second kappa shape index (κ2) is 6.26. The van der Waals surface area contributed by atoms with Crippen LogP contribution in [0.5, 0.6) is 0 Å². The molecule has 110 valence electrons. The summed E-state index contributed by atoms with van der Waals surface area (Å²) >= 11 is 15.4. The van der Waals surface area contributed by atoms with E-state index in [1.54, 1.807) is 18.2 Å². The largest absolute Gasteiger partial charge is 0.398 e. The van der Waals surface area contributed by atoms with Crippen molar-refractivity contribution in [3.8, 4) is 0 Å². The van der Waals surface area contributed by atoms with Crippen molar-refractivity contribution in [1.29, 1.82) is 0 Å². The van der Waals surface area contributed by atoms with Crippen LogP contribution >= 0.6 is 39.1 Å². The van der Waals surface area contributed by atoms with Crippen molar-refractivity contribution in [2.24, 2.45) is 0 Å². The number of nitrogen functional groups attached to an aromatic ring is 1. The number of rotatable bonds is 2. The minimum atomic E-state index is -0.278. The summed E-state index contributed by atoms with van der Waals surface area (Å²) < 4.78 is 0.669. The minimum absolute atomic E-state index is 0.278. The van der Waals surface area contributed by atoms with Gasteiger partial charge in [0.25, 0.3) is 5.91 Å². The fraction of sp³-hybridized carbons (Fsp3) is 0.133. The van der Waals surface area contributed by atoms with Crippen molar-refractivity contribution in [2.75, 3.05) is 11.1 Å². The summed E-state index contributed by atoms with van der Waals surface area (Å²) in [5.74, 6) is -0.278. The Morgan fingerprint density at radius 2 is 1.81 bits per heavy atom. The first kappa shape index (κ1) is 16.1. The molecule has 0 aromatic heterocycles. The summed E-state index contributed by atoms with van der Waals surface area (Å²) in [6.45, 7) is 3.76. The number of halogens is 3. The van der Waals surface area contributed by atoms with Gasteiger partial charge in [0.2, 0.25) is 0 Å². The lowest BCUT2D eigenvalue weighted by Gasteiger charge is -2.12. The molecular weight excluding hydrogens is 375 g/mol. The number of hydrogen-bond acceptors (Lipinski definition) is 2. The minimum Gasteiger partial charge on any atom is -0.398 e. The van der Waals surface area contributed by atoms with Gasteiger partial charge in [-0.05, 0) is 59.1 Å². The number of carbonyl (C=O) groups excluding carboxylic acids is 1. The van der Waals surface area contributed by atoms with Gasteiger partial charge in [-0.15, -0.1) is 0 Å². The molecule has 3 N–H and O–H groups in total. The Labute approximate surface area is 141 Å². The summed E-state index contributed by atoms with van der Waals surface area (Å²) in [4.78, 5) is 12.4. The first-order valence-electron chi connectivity index (χ1n) is 6.13. The molecule has 0 saturated heterocycles. The smallest absolute Gasteiger partial charge is 0.256 e. The van der Waals surface area contributed by atoms with Crippen LogP contribution in [0, 0.1) is 13.8 Å². The quantitative estimate of drug-likeness (QED) is 0.549. The summed E-state index contributed by atoms with van der Waals surface area (Å²) in [7, 11) is 0. The van der Waals surface area contributed by atoms with E-state index < -0.39 is 0 Å². The van der Waals surface area contributed by atoms with Crippen LogP contribution in [-0.4, -0.2) is 5.91 Å². The summed E-state index contributed by atoms with van der Waals surface area (Å²) in [5.41, 5.74) is 9.18. The Balaban J connectivity index is 2.35. The van der Waals surface area contributed by atoms with Gasteiger partial charge < -0.3 is 11.1 Å². The summed E-state index contributed by atoms with van der Waals surface area (Å²) in [5, 5.41) is 3.40. The lowest BCUT2D eigenvalue weighted by molar-refractivity contribution is 0.102. The molecule has 2 rings (SSSR count). The van der Waals surface area contributed by atoms with Crippen molar-refractivity contribution in [2.45, 2.75) is 13.8 Å². The van der Waals surface area contributed by atoms with E-state index in [0.717, 1.165) is 11.1 Å². The molecule has 0 aliphatic carbocycles. The van der Waals surface area contributed by atoms with E-state index >= 15 is 0 Å². The van der Waals surface area contributed by atoms with Crippen molar-refractivity contribution in [1.82, 2.24) is 0 Å². The van der Waals surface area contributed by atoms with Gasteiger partial charge in [0.15, 0.2) is 0 Å². The highest BCUT2D eigenvalue weighted by molar-refractivity contribution is 9.10. The Morgan fingerprint density at radius 3 is 2.48 bits per heavy atom. The van der Waals surface area contributed by atoms with E-state index in [-0.39, 0.29) is 10.9 Å². The van der Waals surface area contributed by atoms with Gasteiger partial charge in [0.1, 0.15) is 0 Å². The highest BCUT2D eigenvalue weighted by Crippen LogP contribution is 2.36. The molecule has 6 heteroatoms. The van der Waals surface area contributed by atoms with Crippen LogP contribution in [0.25, 0.3) is 0 Å². The predicted octanol–water partition coefficient (Wildman–Crippen LogP) is 5.21. The first-order valence-corrected chi connectivity index (χ1v) is 7.67. The number of nitrogens with one attached hydrogen (secondary N) is 1. The molecule has 0 unspecified atom stereocenters. The van der Waals surface area contributed by atoms with E-state index in [1.165, 1.54) is 0 Å². The molecule has 3 nitrogen and oxygen atoms in total. The standard InChI is InChI=1S/C15H13BrCl2N2O/c1-7-5-8(2)11(19)6-9(7)15(21)20-12-4-3-10(16)13(17)14(12)18/h3-6H,19H2,1-2H3,(H,20,21). The monoisotopic (exact) mass is 386 g/mol. The van der Waals surface area contributed by atoms with Crippen LogP contribution < -0.4 is 11.1 Å². The first-order chi connectivity index (χ1) is 9.81. The molecule has 2 aromatic rings. The molecule has 0 spiro atoms. The molecule has 2 aromatic carbocycles. The number of nitrogens with two attached hydrogens (primary N) is 1. The van der Waals surface area contributed by atoms with E-state index in [1.807, 2.05) is 19.9 Å². The molecule has 0 aliphatic heterocycles. The van der Waals surface area contributed by atoms with Crippen LogP contribution in [-0.2, 0) is 0 Å². The molecule has 0 radical (unpaired) electrons.